The number of thiazole rings is 1. The van der Waals surface area contributed by atoms with Gasteiger partial charge in [-0.1, -0.05) is 18.2 Å². The van der Waals surface area contributed by atoms with Gasteiger partial charge in [-0.3, -0.25) is 24.1 Å². The summed E-state index contributed by atoms with van der Waals surface area (Å²) in [5.74, 6) is -3.39. The second-order valence-corrected chi connectivity index (χ2v) is 8.79. The number of carboxylic acid groups (broad SMARTS) is 1. The van der Waals surface area contributed by atoms with Crippen molar-refractivity contribution < 1.29 is 29.0 Å². The van der Waals surface area contributed by atoms with Crippen LogP contribution in [0.5, 0.6) is 5.75 Å². The molecule has 3 N–H and O–H groups in total. The molecule has 32 heavy (non-hydrogen) atoms. The zero-order chi connectivity index (χ0) is 22.8. The lowest BCUT2D eigenvalue weighted by molar-refractivity contribution is -0.140. The first-order chi connectivity index (χ1) is 15.3. The second kappa shape index (κ2) is 8.89. The molecule has 0 spiro atoms. The minimum Gasteiger partial charge on any atom is -0.481 e. The fourth-order valence-corrected chi connectivity index (χ4v) is 4.79. The highest BCUT2D eigenvalue weighted by Crippen LogP contribution is 2.38. The fraction of sp³-hybridized carbons (Fsp3) is 0.190. The summed E-state index contributed by atoms with van der Waals surface area (Å²) in [6.45, 7) is -0.259. The Morgan fingerprint density at radius 1 is 1.19 bits per heavy atom. The number of aromatic nitrogens is 1. The lowest BCUT2D eigenvalue weighted by Crippen LogP contribution is -2.40. The SMILES string of the molecule is NC(=O)C(CC(=O)O)CN(C(=O)c1cccs1)c1nc(C2Oc3ccccc3C2=O)cs1. The van der Waals surface area contributed by atoms with Crippen molar-refractivity contribution in [2.24, 2.45) is 11.7 Å². The molecular formula is C21H17N3O6S2. The molecule has 9 nitrogen and oxygen atoms in total. The van der Waals surface area contributed by atoms with E-state index in [1.54, 1.807) is 47.2 Å². The molecule has 2 amide bonds. The molecule has 0 fully saturated rings. The molecule has 2 atom stereocenters. The van der Waals surface area contributed by atoms with Crippen LogP contribution in [0.2, 0.25) is 0 Å². The number of nitrogens with zero attached hydrogens (tertiary/aromatic N) is 2. The quantitative estimate of drug-likeness (QED) is 0.515. The highest BCUT2D eigenvalue weighted by molar-refractivity contribution is 7.14. The average Bonchev–Trinajstić information content (AvgIpc) is 3.51. The van der Waals surface area contributed by atoms with Crippen molar-refractivity contribution in [1.29, 1.82) is 0 Å². The largest absolute Gasteiger partial charge is 0.481 e. The molecule has 0 aliphatic carbocycles. The summed E-state index contributed by atoms with van der Waals surface area (Å²) in [4.78, 5) is 54.9. The molecule has 0 saturated heterocycles. The van der Waals surface area contributed by atoms with Crippen LogP contribution in [0.15, 0.2) is 47.2 Å². The van der Waals surface area contributed by atoms with Crippen LogP contribution in [0.1, 0.15) is 38.2 Å². The summed E-state index contributed by atoms with van der Waals surface area (Å²) in [6, 6.07) is 10.2. The molecule has 4 rings (SSSR count). The van der Waals surface area contributed by atoms with Crippen molar-refractivity contribution >= 4 is 51.4 Å². The van der Waals surface area contributed by atoms with Crippen molar-refractivity contribution in [3.05, 3.63) is 63.3 Å². The molecular weight excluding hydrogens is 454 g/mol. The van der Waals surface area contributed by atoms with E-state index in [9.17, 15) is 19.2 Å². The molecule has 0 saturated carbocycles. The molecule has 1 aromatic carbocycles. The number of Topliss-reactive ketones (excluding diaryl/α,β-unsaturated/α-hetero) is 1. The Balaban J connectivity index is 1.64. The number of nitrogens with two attached hydrogens (primary N) is 1. The zero-order valence-electron chi connectivity index (χ0n) is 16.5. The van der Waals surface area contributed by atoms with Crippen molar-refractivity contribution in [1.82, 2.24) is 4.98 Å². The number of aliphatic carboxylic acids is 1. The first-order valence-electron chi connectivity index (χ1n) is 9.47. The van der Waals surface area contributed by atoms with Crippen LogP contribution in [0.3, 0.4) is 0 Å². The van der Waals surface area contributed by atoms with Gasteiger partial charge in [0, 0.05) is 11.9 Å². The summed E-state index contributed by atoms with van der Waals surface area (Å²) in [6.07, 6.45) is -1.47. The third-order valence-electron chi connectivity index (χ3n) is 4.85. The van der Waals surface area contributed by atoms with Crippen LogP contribution in [-0.4, -0.2) is 40.2 Å². The zero-order valence-corrected chi connectivity index (χ0v) is 18.1. The number of para-hydroxylation sites is 1. The summed E-state index contributed by atoms with van der Waals surface area (Å²) < 4.78 is 5.74. The van der Waals surface area contributed by atoms with E-state index in [2.05, 4.69) is 4.98 Å². The van der Waals surface area contributed by atoms with Crippen LogP contribution in [0, 0.1) is 5.92 Å². The van der Waals surface area contributed by atoms with E-state index < -0.39 is 36.2 Å². The number of ketones is 1. The number of carbonyl (C=O) groups is 4. The van der Waals surface area contributed by atoms with Crippen molar-refractivity contribution in [2.75, 3.05) is 11.4 Å². The Morgan fingerprint density at radius 2 is 1.97 bits per heavy atom. The summed E-state index contributed by atoms with van der Waals surface area (Å²) in [5, 5.41) is 12.7. The Hall–Kier alpha value is -3.57. The van der Waals surface area contributed by atoms with Gasteiger partial charge >= 0.3 is 5.97 Å². The number of anilines is 1. The van der Waals surface area contributed by atoms with E-state index >= 15 is 0 Å². The van der Waals surface area contributed by atoms with Gasteiger partial charge in [-0.2, -0.15) is 0 Å². The number of hydrogen-bond acceptors (Lipinski definition) is 8. The Kier molecular flexibility index (Phi) is 6.01. The van der Waals surface area contributed by atoms with Gasteiger partial charge in [0.15, 0.2) is 5.13 Å². The van der Waals surface area contributed by atoms with Gasteiger partial charge in [-0.05, 0) is 23.6 Å². The van der Waals surface area contributed by atoms with Gasteiger partial charge in [0.2, 0.25) is 17.8 Å². The third-order valence-corrected chi connectivity index (χ3v) is 6.59. The van der Waals surface area contributed by atoms with Crippen molar-refractivity contribution in [2.45, 2.75) is 12.5 Å². The first kappa shape index (κ1) is 21.7. The van der Waals surface area contributed by atoms with E-state index in [0.717, 1.165) is 11.3 Å². The smallest absolute Gasteiger partial charge is 0.304 e. The Bertz CT molecular complexity index is 1190. The Labute approximate surface area is 190 Å². The lowest BCUT2D eigenvalue weighted by Gasteiger charge is -2.23. The summed E-state index contributed by atoms with van der Waals surface area (Å²) in [5.41, 5.74) is 6.16. The molecule has 11 heteroatoms. The predicted molar refractivity (Wildman–Crippen MR) is 117 cm³/mol. The van der Waals surface area contributed by atoms with Crippen molar-refractivity contribution in [3.8, 4) is 5.75 Å². The van der Waals surface area contributed by atoms with Gasteiger partial charge in [0.25, 0.3) is 5.91 Å². The molecule has 3 heterocycles. The molecule has 0 radical (unpaired) electrons. The fourth-order valence-electron chi connectivity index (χ4n) is 3.28. The highest BCUT2D eigenvalue weighted by Gasteiger charge is 2.36. The number of primary amides is 1. The monoisotopic (exact) mass is 471 g/mol. The molecule has 1 aliphatic rings. The molecule has 0 bridgehead atoms. The predicted octanol–water partition coefficient (Wildman–Crippen LogP) is 2.74. The number of thiophene rings is 1. The van der Waals surface area contributed by atoms with E-state index in [-0.39, 0.29) is 17.5 Å². The van der Waals surface area contributed by atoms with E-state index in [4.69, 9.17) is 15.6 Å². The Morgan fingerprint density at radius 3 is 2.62 bits per heavy atom. The van der Waals surface area contributed by atoms with Crippen LogP contribution in [-0.2, 0) is 9.59 Å². The second-order valence-electron chi connectivity index (χ2n) is 7.00. The van der Waals surface area contributed by atoms with Gasteiger partial charge in [0.1, 0.15) is 11.4 Å². The van der Waals surface area contributed by atoms with Crippen LogP contribution in [0.4, 0.5) is 5.13 Å². The van der Waals surface area contributed by atoms with Gasteiger partial charge in [0.05, 0.1) is 22.8 Å². The number of rotatable bonds is 8. The number of carbonyl (C=O) groups excluding carboxylic acids is 3. The number of fused-ring (bicyclic) bond motifs is 1. The van der Waals surface area contributed by atoms with Gasteiger partial charge < -0.3 is 15.6 Å². The van der Waals surface area contributed by atoms with Crippen LogP contribution < -0.4 is 15.4 Å². The first-order valence-corrected chi connectivity index (χ1v) is 11.2. The van der Waals surface area contributed by atoms with Gasteiger partial charge in [-0.15, -0.1) is 22.7 Å². The van der Waals surface area contributed by atoms with Crippen LogP contribution in [0.25, 0.3) is 0 Å². The van der Waals surface area contributed by atoms with Crippen LogP contribution >= 0.6 is 22.7 Å². The minimum atomic E-state index is -1.21. The lowest BCUT2D eigenvalue weighted by atomic mass is 10.0. The normalized spacial score (nSPS) is 15.6. The topological polar surface area (TPSA) is 140 Å². The highest BCUT2D eigenvalue weighted by atomic mass is 32.1. The van der Waals surface area contributed by atoms with E-state index in [1.165, 1.54) is 16.2 Å². The molecule has 1 aliphatic heterocycles. The average molecular weight is 472 g/mol. The minimum absolute atomic E-state index is 0.211. The molecule has 3 aromatic rings. The number of carboxylic acids is 1. The maximum Gasteiger partial charge on any atom is 0.304 e. The molecule has 2 aromatic heterocycles. The molecule has 164 valence electrons. The maximum atomic E-state index is 13.1. The van der Waals surface area contributed by atoms with E-state index in [0.29, 0.717) is 21.9 Å². The maximum absolute atomic E-state index is 13.1. The number of amides is 2. The van der Waals surface area contributed by atoms with Crippen molar-refractivity contribution in [3.63, 3.8) is 0 Å². The van der Waals surface area contributed by atoms with Gasteiger partial charge in [-0.25, -0.2) is 4.98 Å². The molecule has 2 unspecified atom stereocenters. The number of benzene rings is 1. The third kappa shape index (κ3) is 4.25. The number of hydrogen-bond donors (Lipinski definition) is 2. The standard InChI is InChI=1S/C21H17N3O6S2/c22-19(28)11(8-16(25)26)9-24(20(29)15-6-3-7-31-15)21-23-13(10-32-21)18-17(27)12-4-1-2-5-14(12)30-18/h1-7,10-11,18H,8-9H2,(H2,22,28)(H,25,26). The summed E-state index contributed by atoms with van der Waals surface area (Å²) >= 11 is 2.29. The summed E-state index contributed by atoms with van der Waals surface area (Å²) in [7, 11) is 0. The number of ether oxygens (including phenoxy) is 1. The van der Waals surface area contributed by atoms with E-state index in [1.807, 2.05) is 0 Å².